The SMILES string of the molecule is CCOC(=O)c1cc(S(=O)(=O)N(C)CC(=O)Nc2cccc3c2CCCC3)cn1C. The lowest BCUT2D eigenvalue weighted by atomic mass is 9.90. The average Bonchev–Trinajstić information content (AvgIpc) is 3.11. The summed E-state index contributed by atoms with van der Waals surface area (Å²) in [6.45, 7) is 1.53. The average molecular weight is 434 g/mol. The zero-order valence-electron chi connectivity index (χ0n) is 17.5. The summed E-state index contributed by atoms with van der Waals surface area (Å²) >= 11 is 0. The molecule has 0 atom stereocenters. The molecule has 2 aromatic rings. The van der Waals surface area contributed by atoms with Crippen LogP contribution in [0.3, 0.4) is 0 Å². The number of benzene rings is 1. The number of hydrogen-bond donors (Lipinski definition) is 1. The Kier molecular flexibility index (Phi) is 6.62. The lowest BCUT2D eigenvalue weighted by molar-refractivity contribution is -0.116. The number of carbonyl (C=O) groups is 2. The quantitative estimate of drug-likeness (QED) is 0.676. The van der Waals surface area contributed by atoms with Crippen molar-refractivity contribution < 1.29 is 22.7 Å². The summed E-state index contributed by atoms with van der Waals surface area (Å²) in [6.07, 6.45) is 5.44. The molecule has 162 valence electrons. The molecule has 30 heavy (non-hydrogen) atoms. The molecule has 0 saturated carbocycles. The molecule has 0 radical (unpaired) electrons. The second-order valence-electron chi connectivity index (χ2n) is 7.35. The van der Waals surface area contributed by atoms with Gasteiger partial charge in [-0.25, -0.2) is 13.2 Å². The summed E-state index contributed by atoms with van der Waals surface area (Å²) < 4.78 is 33.1. The molecule has 3 rings (SSSR count). The number of hydrogen-bond acceptors (Lipinski definition) is 5. The van der Waals surface area contributed by atoms with Crippen molar-refractivity contribution in [3.63, 3.8) is 0 Å². The summed E-state index contributed by atoms with van der Waals surface area (Å²) in [5.74, 6) is -1.02. The normalized spacial score (nSPS) is 13.7. The standard InChI is InChI=1S/C21H27N3O5S/c1-4-29-21(26)19-12-16(13-23(19)2)30(27,28)24(3)14-20(25)22-18-11-7-9-15-8-5-6-10-17(15)18/h7,9,11-13H,4-6,8,10,14H2,1-3H3,(H,22,25). The number of anilines is 1. The van der Waals surface area contributed by atoms with E-state index in [0.29, 0.717) is 0 Å². The van der Waals surface area contributed by atoms with Gasteiger partial charge in [0.1, 0.15) is 10.6 Å². The van der Waals surface area contributed by atoms with Crippen LogP contribution in [-0.4, -0.2) is 49.4 Å². The van der Waals surface area contributed by atoms with E-state index in [9.17, 15) is 18.0 Å². The van der Waals surface area contributed by atoms with E-state index in [1.807, 2.05) is 12.1 Å². The first-order valence-electron chi connectivity index (χ1n) is 9.94. The summed E-state index contributed by atoms with van der Waals surface area (Å²) in [4.78, 5) is 24.4. The minimum atomic E-state index is -3.95. The molecule has 0 fully saturated rings. The Labute approximate surface area is 176 Å². The van der Waals surface area contributed by atoms with Gasteiger partial charge in [-0.2, -0.15) is 4.31 Å². The number of nitrogens with zero attached hydrogens (tertiary/aromatic N) is 2. The molecule has 1 aliphatic carbocycles. The van der Waals surface area contributed by atoms with Crippen LogP contribution in [-0.2, 0) is 39.4 Å². The lowest BCUT2D eigenvalue weighted by Crippen LogP contribution is -2.35. The van der Waals surface area contributed by atoms with E-state index >= 15 is 0 Å². The predicted octanol–water partition coefficient (Wildman–Crippen LogP) is 2.34. The van der Waals surface area contributed by atoms with E-state index in [4.69, 9.17) is 4.74 Å². The highest BCUT2D eigenvalue weighted by atomic mass is 32.2. The van der Waals surface area contributed by atoms with Crippen molar-refractivity contribution in [3.05, 3.63) is 47.3 Å². The highest BCUT2D eigenvalue weighted by molar-refractivity contribution is 7.89. The van der Waals surface area contributed by atoms with Crippen LogP contribution in [0.15, 0.2) is 35.4 Å². The Bertz CT molecular complexity index is 1060. The zero-order chi connectivity index (χ0) is 21.9. The number of aromatic nitrogens is 1. The molecule has 1 aromatic heterocycles. The molecular weight excluding hydrogens is 406 g/mol. The smallest absolute Gasteiger partial charge is 0.354 e. The van der Waals surface area contributed by atoms with Gasteiger partial charge in [0.25, 0.3) is 0 Å². The first-order valence-corrected chi connectivity index (χ1v) is 11.4. The number of rotatable bonds is 7. The Morgan fingerprint density at radius 3 is 2.70 bits per heavy atom. The maximum absolute atomic E-state index is 12.9. The molecule has 9 heteroatoms. The number of aryl methyl sites for hydroxylation is 2. The van der Waals surface area contributed by atoms with Crippen LogP contribution in [0, 0.1) is 0 Å². The largest absolute Gasteiger partial charge is 0.461 e. The highest BCUT2D eigenvalue weighted by Crippen LogP contribution is 2.28. The number of amides is 1. The number of fused-ring (bicyclic) bond motifs is 1. The molecular formula is C21H27N3O5S. The summed E-state index contributed by atoms with van der Waals surface area (Å²) in [5.41, 5.74) is 3.23. The molecule has 1 heterocycles. The molecule has 1 aromatic carbocycles. The van der Waals surface area contributed by atoms with Gasteiger partial charge in [-0.15, -0.1) is 0 Å². The van der Waals surface area contributed by atoms with Crippen LogP contribution < -0.4 is 5.32 Å². The summed E-state index contributed by atoms with van der Waals surface area (Å²) in [5, 5.41) is 2.85. The fourth-order valence-electron chi connectivity index (χ4n) is 3.64. The molecule has 0 unspecified atom stereocenters. The van der Waals surface area contributed by atoms with E-state index in [-0.39, 0.29) is 23.7 Å². The molecule has 0 saturated heterocycles. The number of sulfonamides is 1. The van der Waals surface area contributed by atoms with Gasteiger partial charge in [-0.05, 0) is 55.9 Å². The van der Waals surface area contributed by atoms with Gasteiger partial charge in [-0.1, -0.05) is 12.1 Å². The van der Waals surface area contributed by atoms with Crippen LogP contribution in [0.1, 0.15) is 41.4 Å². The third-order valence-corrected chi connectivity index (χ3v) is 6.98. The predicted molar refractivity (Wildman–Crippen MR) is 113 cm³/mol. The Hall–Kier alpha value is -2.65. The van der Waals surface area contributed by atoms with Crippen LogP contribution in [0.25, 0.3) is 0 Å². The molecule has 0 bridgehead atoms. The first-order chi connectivity index (χ1) is 14.2. The van der Waals surface area contributed by atoms with Gasteiger partial charge in [0.15, 0.2) is 0 Å². The number of nitrogens with one attached hydrogen (secondary N) is 1. The number of likely N-dealkylation sites (N-methyl/N-ethyl adjacent to an activating group) is 1. The van der Waals surface area contributed by atoms with Gasteiger partial charge in [0.05, 0.1) is 13.2 Å². The first kappa shape index (κ1) is 22.0. The fraction of sp³-hybridized carbons (Fsp3) is 0.429. The molecule has 0 aliphatic heterocycles. The fourth-order valence-corrected chi connectivity index (χ4v) is 4.84. The Balaban J connectivity index is 1.72. The van der Waals surface area contributed by atoms with Crippen molar-refractivity contribution in [2.75, 3.05) is 25.5 Å². The number of ether oxygens (including phenoxy) is 1. The molecule has 1 amide bonds. The van der Waals surface area contributed by atoms with Crippen LogP contribution in [0.2, 0.25) is 0 Å². The van der Waals surface area contributed by atoms with Crippen LogP contribution in [0.4, 0.5) is 5.69 Å². The molecule has 1 aliphatic rings. The van der Waals surface area contributed by atoms with E-state index in [1.165, 1.54) is 29.4 Å². The Morgan fingerprint density at radius 2 is 1.97 bits per heavy atom. The molecule has 0 spiro atoms. The van der Waals surface area contributed by atoms with E-state index in [2.05, 4.69) is 11.4 Å². The number of esters is 1. The molecule has 1 N–H and O–H groups in total. The lowest BCUT2D eigenvalue weighted by Gasteiger charge is -2.21. The maximum Gasteiger partial charge on any atom is 0.354 e. The minimum Gasteiger partial charge on any atom is -0.461 e. The topological polar surface area (TPSA) is 97.7 Å². The van der Waals surface area contributed by atoms with Gasteiger partial charge in [-0.3, -0.25) is 4.79 Å². The van der Waals surface area contributed by atoms with Gasteiger partial charge >= 0.3 is 5.97 Å². The van der Waals surface area contributed by atoms with Crippen molar-refractivity contribution in [2.45, 2.75) is 37.5 Å². The van der Waals surface area contributed by atoms with E-state index < -0.39 is 21.9 Å². The second kappa shape index (κ2) is 9.01. The van der Waals surface area contributed by atoms with E-state index in [1.54, 1.807) is 14.0 Å². The van der Waals surface area contributed by atoms with Crippen molar-refractivity contribution in [1.29, 1.82) is 0 Å². The van der Waals surface area contributed by atoms with Crippen molar-refractivity contribution in [3.8, 4) is 0 Å². The second-order valence-corrected chi connectivity index (χ2v) is 9.40. The van der Waals surface area contributed by atoms with E-state index in [0.717, 1.165) is 41.2 Å². The van der Waals surface area contributed by atoms with Crippen molar-refractivity contribution in [1.82, 2.24) is 8.87 Å². The van der Waals surface area contributed by atoms with Crippen molar-refractivity contribution in [2.24, 2.45) is 7.05 Å². The Morgan fingerprint density at radius 1 is 1.23 bits per heavy atom. The maximum atomic E-state index is 12.9. The minimum absolute atomic E-state index is 0.0690. The summed E-state index contributed by atoms with van der Waals surface area (Å²) in [6, 6.07) is 7.08. The van der Waals surface area contributed by atoms with Gasteiger partial charge < -0.3 is 14.6 Å². The third kappa shape index (κ3) is 4.57. The number of carbonyl (C=O) groups excluding carboxylic acids is 2. The third-order valence-electron chi connectivity index (χ3n) is 5.21. The van der Waals surface area contributed by atoms with Crippen molar-refractivity contribution >= 4 is 27.6 Å². The summed E-state index contributed by atoms with van der Waals surface area (Å²) in [7, 11) is -1.04. The van der Waals surface area contributed by atoms with Crippen LogP contribution in [0.5, 0.6) is 0 Å². The highest BCUT2D eigenvalue weighted by Gasteiger charge is 2.27. The van der Waals surface area contributed by atoms with Gasteiger partial charge in [0.2, 0.25) is 15.9 Å². The zero-order valence-corrected chi connectivity index (χ0v) is 18.3. The van der Waals surface area contributed by atoms with Crippen LogP contribution >= 0.6 is 0 Å². The monoisotopic (exact) mass is 433 g/mol. The molecule has 8 nitrogen and oxygen atoms in total. The van der Waals surface area contributed by atoms with Gasteiger partial charge in [0, 0.05) is 26.0 Å².